The van der Waals surface area contributed by atoms with Gasteiger partial charge in [-0.05, 0) is 33.6 Å². The predicted octanol–water partition coefficient (Wildman–Crippen LogP) is 5.09. The Kier molecular flexibility index (Phi) is 5.97. The van der Waals surface area contributed by atoms with Crippen molar-refractivity contribution in [2.45, 2.75) is 6.18 Å². The summed E-state index contributed by atoms with van der Waals surface area (Å²) in [7, 11) is 2.66. The highest BCUT2D eigenvalue weighted by molar-refractivity contribution is 9.10. The highest BCUT2D eigenvalue weighted by atomic mass is 79.9. The van der Waals surface area contributed by atoms with Gasteiger partial charge in [-0.15, -0.1) is 0 Å². The van der Waals surface area contributed by atoms with Gasteiger partial charge in [0.25, 0.3) is 0 Å². The van der Waals surface area contributed by atoms with Crippen LogP contribution < -0.4 is 9.47 Å². The molecule has 1 N–H and O–H groups in total. The zero-order valence-corrected chi connectivity index (χ0v) is 15.3. The smallest absolute Gasteiger partial charge is 0.416 e. The van der Waals surface area contributed by atoms with E-state index in [9.17, 15) is 23.1 Å². The topological polar surface area (TPSA) is 55.8 Å². The molecule has 0 heterocycles. The number of hydrogen-bond acceptors (Lipinski definition) is 4. The van der Waals surface area contributed by atoms with Gasteiger partial charge < -0.3 is 14.6 Å². The van der Waals surface area contributed by atoms with Crippen LogP contribution >= 0.6 is 15.9 Å². The lowest BCUT2D eigenvalue weighted by Crippen LogP contribution is -2.07. The van der Waals surface area contributed by atoms with Gasteiger partial charge in [0.05, 0.1) is 19.8 Å². The monoisotopic (exact) mass is 430 g/mol. The van der Waals surface area contributed by atoms with Crippen LogP contribution in [0.4, 0.5) is 13.2 Å². The van der Waals surface area contributed by atoms with Gasteiger partial charge in [-0.3, -0.25) is 4.79 Å². The van der Waals surface area contributed by atoms with Crippen LogP contribution in [0.25, 0.3) is 6.08 Å². The fourth-order valence-electron chi connectivity index (χ4n) is 2.29. The normalized spacial score (nSPS) is 11.6. The molecule has 0 fully saturated rings. The van der Waals surface area contributed by atoms with Crippen molar-refractivity contribution in [2.24, 2.45) is 0 Å². The molecule has 0 spiro atoms. The van der Waals surface area contributed by atoms with E-state index >= 15 is 0 Å². The Morgan fingerprint density at radius 1 is 1.15 bits per heavy atom. The lowest BCUT2D eigenvalue weighted by molar-refractivity contribution is -0.137. The number of alkyl halides is 3. The molecule has 0 atom stereocenters. The van der Waals surface area contributed by atoms with Crippen molar-refractivity contribution < 1.29 is 32.5 Å². The number of halogens is 4. The Hall–Kier alpha value is -2.48. The molecule has 0 saturated carbocycles. The quantitative estimate of drug-likeness (QED) is 0.530. The van der Waals surface area contributed by atoms with Gasteiger partial charge in [-0.25, -0.2) is 0 Å². The number of ketones is 1. The fourth-order valence-corrected chi connectivity index (χ4v) is 2.77. The van der Waals surface area contributed by atoms with Crippen LogP contribution in [0.15, 0.2) is 40.9 Å². The summed E-state index contributed by atoms with van der Waals surface area (Å²) in [6.07, 6.45) is -2.56. The van der Waals surface area contributed by atoms with Crippen LogP contribution in [-0.4, -0.2) is 25.1 Å². The molecule has 0 aromatic heterocycles. The maximum Gasteiger partial charge on any atom is 0.416 e. The van der Waals surface area contributed by atoms with Crippen molar-refractivity contribution in [2.75, 3.05) is 14.2 Å². The van der Waals surface area contributed by atoms with E-state index in [-0.39, 0.29) is 27.1 Å². The van der Waals surface area contributed by atoms with E-state index in [1.807, 2.05) is 0 Å². The SMILES string of the molecule is COc1cc(OC)c(C(=O)/C=C/c2ccccc2C(F)(F)F)c(O)c1Br. The van der Waals surface area contributed by atoms with Crippen LogP contribution in [0.3, 0.4) is 0 Å². The first kappa shape index (κ1) is 19.8. The van der Waals surface area contributed by atoms with Crippen LogP contribution in [0.1, 0.15) is 21.5 Å². The number of ether oxygens (including phenoxy) is 2. The standard InChI is InChI=1S/C18H14BrF3O4/c1-25-13-9-14(26-2)16(19)17(24)15(13)12(23)8-7-10-5-3-4-6-11(10)18(20,21)22/h3-9,24H,1-2H3/b8-7+. The maximum absolute atomic E-state index is 13.0. The van der Waals surface area contributed by atoms with Crippen molar-refractivity contribution in [1.82, 2.24) is 0 Å². The molecule has 0 bridgehead atoms. The summed E-state index contributed by atoms with van der Waals surface area (Å²) in [6, 6.07) is 6.24. The Labute approximate surface area is 156 Å². The van der Waals surface area contributed by atoms with Gasteiger partial charge in [0.2, 0.25) is 0 Å². The second-order valence-electron chi connectivity index (χ2n) is 5.10. The number of carbonyl (C=O) groups excluding carboxylic acids is 1. The molecule has 2 rings (SSSR count). The van der Waals surface area contributed by atoms with Crippen molar-refractivity contribution >= 4 is 27.8 Å². The average Bonchev–Trinajstić information content (AvgIpc) is 2.61. The molecule has 26 heavy (non-hydrogen) atoms. The van der Waals surface area contributed by atoms with E-state index in [0.717, 1.165) is 18.2 Å². The summed E-state index contributed by atoms with van der Waals surface area (Å²) in [6.45, 7) is 0. The molecule has 0 aliphatic rings. The summed E-state index contributed by atoms with van der Waals surface area (Å²) < 4.78 is 49.3. The lowest BCUT2D eigenvalue weighted by Gasteiger charge is -2.13. The number of methoxy groups -OCH3 is 2. The number of phenols is 1. The first-order chi connectivity index (χ1) is 12.2. The molecule has 0 saturated heterocycles. The average molecular weight is 431 g/mol. The molecule has 8 heteroatoms. The first-order valence-corrected chi connectivity index (χ1v) is 8.02. The molecular weight excluding hydrogens is 417 g/mol. The number of carbonyl (C=O) groups is 1. The maximum atomic E-state index is 13.0. The van der Waals surface area contributed by atoms with Crippen LogP contribution in [0.5, 0.6) is 17.2 Å². The minimum Gasteiger partial charge on any atom is -0.506 e. The molecule has 4 nitrogen and oxygen atoms in total. The number of aromatic hydroxyl groups is 1. The van der Waals surface area contributed by atoms with E-state index in [4.69, 9.17) is 9.47 Å². The summed E-state index contributed by atoms with van der Waals surface area (Å²) in [5, 5.41) is 10.2. The third kappa shape index (κ3) is 4.01. The second-order valence-corrected chi connectivity index (χ2v) is 5.89. The van der Waals surface area contributed by atoms with Gasteiger partial charge in [-0.1, -0.05) is 24.3 Å². The highest BCUT2D eigenvalue weighted by Crippen LogP contribution is 2.42. The van der Waals surface area contributed by atoms with Crippen molar-refractivity contribution in [3.05, 3.63) is 57.6 Å². The minimum atomic E-state index is -4.55. The van der Waals surface area contributed by atoms with E-state index < -0.39 is 23.3 Å². The van der Waals surface area contributed by atoms with Crippen molar-refractivity contribution in [3.63, 3.8) is 0 Å². The Bertz CT molecular complexity index is 860. The van der Waals surface area contributed by atoms with E-state index in [2.05, 4.69) is 15.9 Å². The molecule has 0 radical (unpaired) electrons. The van der Waals surface area contributed by atoms with E-state index in [1.165, 1.54) is 38.5 Å². The molecule has 0 amide bonds. The van der Waals surface area contributed by atoms with Gasteiger partial charge in [0.1, 0.15) is 27.3 Å². The third-order valence-corrected chi connectivity index (χ3v) is 4.30. The van der Waals surface area contributed by atoms with Gasteiger partial charge >= 0.3 is 6.18 Å². The Balaban J connectivity index is 2.47. The van der Waals surface area contributed by atoms with Gasteiger partial charge in [-0.2, -0.15) is 13.2 Å². The van der Waals surface area contributed by atoms with Crippen LogP contribution in [0, 0.1) is 0 Å². The third-order valence-electron chi connectivity index (χ3n) is 3.54. The van der Waals surface area contributed by atoms with Crippen molar-refractivity contribution in [1.29, 1.82) is 0 Å². The summed E-state index contributed by atoms with van der Waals surface area (Å²) in [5.41, 5.74) is -1.23. The lowest BCUT2D eigenvalue weighted by atomic mass is 10.0. The van der Waals surface area contributed by atoms with Crippen LogP contribution in [-0.2, 0) is 6.18 Å². The molecule has 2 aromatic rings. The van der Waals surface area contributed by atoms with Gasteiger partial charge in [0, 0.05) is 6.07 Å². The Morgan fingerprint density at radius 2 is 1.77 bits per heavy atom. The first-order valence-electron chi connectivity index (χ1n) is 7.22. The zero-order chi connectivity index (χ0) is 19.5. The summed E-state index contributed by atoms with van der Waals surface area (Å²) >= 11 is 3.10. The second kappa shape index (κ2) is 7.82. The molecule has 2 aromatic carbocycles. The number of hydrogen-bond donors (Lipinski definition) is 1. The molecule has 0 unspecified atom stereocenters. The number of benzene rings is 2. The molecule has 0 aliphatic heterocycles. The predicted molar refractivity (Wildman–Crippen MR) is 93.7 cm³/mol. The van der Waals surface area contributed by atoms with Gasteiger partial charge in [0.15, 0.2) is 5.78 Å². The number of allylic oxidation sites excluding steroid dienone is 1. The molecule has 138 valence electrons. The highest BCUT2D eigenvalue weighted by Gasteiger charge is 2.32. The largest absolute Gasteiger partial charge is 0.506 e. The minimum absolute atomic E-state index is 0.0290. The van der Waals surface area contributed by atoms with Crippen molar-refractivity contribution in [3.8, 4) is 17.2 Å². The number of phenolic OH excluding ortho intramolecular Hbond substituents is 1. The summed E-state index contributed by atoms with van der Waals surface area (Å²) in [4.78, 5) is 12.5. The van der Waals surface area contributed by atoms with Crippen LogP contribution in [0.2, 0.25) is 0 Å². The van der Waals surface area contributed by atoms with E-state index in [1.54, 1.807) is 0 Å². The molecule has 0 aliphatic carbocycles. The van der Waals surface area contributed by atoms with E-state index in [0.29, 0.717) is 0 Å². The fraction of sp³-hybridized carbons (Fsp3) is 0.167. The summed E-state index contributed by atoms with van der Waals surface area (Å²) in [5.74, 6) is -0.886. The molecular formula is C18H14BrF3O4. The number of rotatable bonds is 5. The Morgan fingerprint density at radius 3 is 2.35 bits per heavy atom. The zero-order valence-electron chi connectivity index (χ0n) is 13.7.